The lowest BCUT2D eigenvalue weighted by molar-refractivity contribution is -0.384. The van der Waals surface area contributed by atoms with Gasteiger partial charge in [-0.05, 0) is 30.5 Å². The van der Waals surface area contributed by atoms with Crippen LogP contribution in [0.1, 0.15) is 11.5 Å². The molecule has 0 fully saturated rings. The first-order valence-corrected chi connectivity index (χ1v) is 8.44. The van der Waals surface area contributed by atoms with Crippen molar-refractivity contribution in [2.24, 2.45) is 0 Å². The quantitative estimate of drug-likeness (QED) is 0.523. The Morgan fingerprint density at radius 3 is 2.92 bits per heavy atom. The number of hydrogen-bond acceptors (Lipinski definition) is 6. The second-order valence-corrected chi connectivity index (χ2v) is 6.50. The topological polar surface area (TPSA) is 98.3 Å². The maximum atomic E-state index is 12.2. The van der Waals surface area contributed by atoms with Gasteiger partial charge in [0.15, 0.2) is 0 Å². The van der Waals surface area contributed by atoms with Crippen molar-refractivity contribution in [3.05, 3.63) is 62.3 Å². The van der Waals surface area contributed by atoms with E-state index in [1.54, 1.807) is 6.92 Å². The summed E-state index contributed by atoms with van der Waals surface area (Å²) in [4.78, 5) is 27.7. The van der Waals surface area contributed by atoms with E-state index in [-0.39, 0.29) is 23.0 Å². The van der Waals surface area contributed by atoms with E-state index in [0.29, 0.717) is 23.0 Å². The van der Waals surface area contributed by atoms with Gasteiger partial charge in [-0.15, -0.1) is 11.3 Å². The molecular weight excluding hydrogens is 366 g/mol. The van der Waals surface area contributed by atoms with Gasteiger partial charge in [-0.25, -0.2) is 4.98 Å². The molecule has 0 aliphatic heterocycles. The lowest BCUT2D eigenvalue weighted by Crippen LogP contribution is -2.15. The van der Waals surface area contributed by atoms with Crippen LogP contribution >= 0.6 is 22.9 Å². The summed E-state index contributed by atoms with van der Waals surface area (Å²) in [6.07, 6.45) is -0.00284. The van der Waals surface area contributed by atoms with Crippen LogP contribution in [0.5, 0.6) is 0 Å². The predicted octanol–water partition coefficient (Wildman–Crippen LogP) is 4.45. The van der Waals surface area contributed by atoms with Gasteiger partial charge in [0.25, 0.3) is 5.69 Å². The Morgan fingerprint density at radius 2 is 2.24 bits per heavy atom. The number of nitro groups is 1. The summed E-state index contributed by atoms with van der Waals surface area (Å²) < 4.78 is 5.59. The Bertz CT molecular complexity index is 937. The Morgan fingerprint density at radius 1 is 1.44 bits per heavy atom. The minimum Gasteiger partial charge on any atom is -0.440 e. The highest BCUT2D eigenvalue weighted by atomic mass is 35.5. The Kier molecular flexibility index (Phi) is 4.82. The molecule has 7 nitrogen and oxygen atoms in total. The molecule has 1 N–H and O–H groups in total. The van der Waals surface area contributed by atoms with E-state index in [9.17, 15) is 14.9 Å². The molecule has 128 valence electrons. The van der Waals surface area contributed by atoms with E-state index in [1.807, 2.05) is 17.5 Å². The molecule has 0 saturated carbocycles. The fourth-order valence-electron chi connectivity index (χ4n) is 2.19. The van der Waals surface area contributed by atoms with Crippen molar-refractivity contribution in [3.63, 3.8) is 0 Å². The number of carbonyl (C=O) groups is 1. The van der Waals surface area contributed by atoms with E-state index >= 15 is 0 Å². The summed E-state index contributed by atoms with van der Waals surface area (Å²) in [7, 11) is 0. The number of halogens is 1. The molecule has 3 rings (SSSR count). The molecule has 0 spiro atoms. The van der Waals surface area contributed by atoms with Gasteiger partial charge in [0.1, 0.15) is 10.8 Å². The van der Waals surface area contributed by atoms with Crippen molar-refractivity contribution >= 4 is 40.2 Å². The molecule has 25 heavy (non-hydrogen) atoms. The molecule has 2 heterocycles. The third kappa shape index (κ3) is 3.86. The van der Waals surface area contributed by atoms with Crippen LogP contribution in [0.3, 0.4) is 0 Å². The number of anilines is 1. The van der Waals surface area contributed by atoms with Gasteiger partial charge < -0.3 is 9.73 Å². The molecule has 3 aromatic rings. The number of thiophene rings is 1. The van der Waals surface area contributed by atoms with Gasteiger partial charge in [0.05, 0.1) is 21.9 Å². The normalized spacial score (nSPS) is 10.6. The van der Waals surface area contributed by atoms with Crippen molar-refractivity contribution in [3.8, 4) is 10.8 Å². The SMILES string of the molecule is Cc1oc(-c2cccs2)nc1CC(=O)Nc1ccc(Cl)c([N+](=O)[O-])c1. The third-order valence-electron chi connectivity index (χ3n) is 3.38. The minimum atomic E-state index is -0.604. The van der Waals surface area contributed by atoms with Crippen molar-refractivity contribution in [1.29, 1.82) is 0 Å². The van der Waals surface area contributed by atoms with Crippen LogP contribution < -0.4 is 5.32 Å². The fourth-order valence-corrected chi connectivity index (χ4v) is 3.02. The Balaban J connectivity index is 1.73. The molecule has 0 radical (unpaired) electrons. The highest BCUT2D eigenvalue weighted by molar-refractivity contribution is 7.13. The molecule has 0 unspecified atom stereocenters. The molecule has 0 atom stereocenters. The first kappa shape index (κ1) is 17.1. The molecule has 0 bridgehead atoms. The van der Waals surface area contributed by atoms with Gasteiger partial charge in [0, 0.05) is 11.8 Å². The van der Waals surface area contributed by atoms with Crippen LogP contribution in [-0.4, -0.2) is 15.8 Å². The predicted molar refractivity (Wildman–Crippen MR) is 95.0 cm³/mol. The van der Waals surface area contributed by atoms with Gasteiger partial charge in [-0.3, -0.25) is 14.9 Å². The number of aromatic nitrogens is 1. The monoisotopic (exact) mass is 377 g/mol. The maximum absolute atomic E-state index is 12.2. The fraction of sp³-hybridized carbons (Fsp3) is 0.125. The smallest absolute Gasteiger partial charge is 0.289 e. The molecule has 0 aliphatic carbocycles. The number of aryl methyl sites for hydroxylation is 1. The van der Waals surface area contributed by atoms with Crippen LogP contribution in [-0.2, 0) is 11.2 Å². The second-order valence-electron chi connectivity index (χ2n) is 5.15. The van der Waals surface area contributed by atoms with Crippen LogP contribution in [0, 0.1) is 17.0 Å². The number of nitrogens with zero attached hydrogens (tertiary/aromatic N) is 2. The van der Waals surface area contributed by atoms with E-state index in [1.165, 1.54) is 29.5 Å². The average molecular weight is 378 g/mol. The van der Waals surface area contributed by atoms with Crippen LogP contribution in [0.2, 0.25) is 5.02 Å². The number of nitro benzene ring substituents is 1. The number of hydrogen-bond donors (Lipinski definition) is 1. The molecular formula is C16H12ClN3O4S. The molecule has 1 amide bonds. The maximum Gasteiger partial charge on any atom is 0.289 e. The lowest BCUT2D eigenvalue weighted by Gasteiger charge is -2.05. The first-order chi connectivity index (χ1) is 11.9. The average Bonchev–Trinajstić information content (AvgIpc) is 3.19. The number of benzene rings is 1. The van der Waals surface area contributed by atoms with Gasteiger partial charge in [-0.2, -0.15) is 0 Å². The lowest BCUT2D eigenvalue weighted by atomic mass is 10.2. The van der Waals surface area contributed by atoms with Crippen molar-refractivity contribution in [2.45, 2.75) is 13.3 Å². The number of carbonyl (C=O) groups excluding carboxylic acids is 1. The summed E-state index contributed by atoms with van der Waals surface area (Å²) in [5, 5.41) is 15.4. The molecule has 1 aromatic carbocycles. The largest absolute Gasteiger partial charge is 0.440 e. The van der Waals surface area contributed by atoms with E-state index < -0.39 is 4.92 Å². The number of oxazole rings is 1. The minimum absolute atomic E-state index is 0.00284. The number of rotatable bonds is 5. The van der Waals surface area contributed by atoms with Crippen molar-refractivity contribution < 1.29 is 14.1 Å². The van der Waals surface area contributed by atoms with Crippen molar-refractivity contribution in [2.75, 3.05) is 5.32 Å². The zero-order valence-electron chi connectivity index (χ0n) is 13.0. The Labute approximate surface area is 151 Å². The summed E-state index contributed by atoms with van der Waals surface area (Å²) >= 11 is 7.25. The van der Waals surface area contributed by atoms with Crippen LogP contribution in [0.15, 0.2) is 40.1 Å². The summed E-state index contributed by atoms with van der Waals surface area (Å²) in [5.41, 5.74) is 0.544. The summed E-state index contributed by atoms with van der Waals surface area (Å²) in [6.45, 7) is 1.74. The van der Waals surface area contributed by atoms with E-state index in [2.05, 4.69) is 10.3 Å². The summed E-state index contributed by atoms with van der Waals surface area (Å²) in [6, 6.07) is 7.85. The zero-order chi connectivity index (χ0) is 18.0. The highest BCUT2D eigenvalue weighted by Gasteiger charge is 2.17. The second kappa shape index (κ2) is 7.04. The molecule has 0 aliphatic rings. The number of amides is 1. The van der Waals surface area contributed by atoms with Crippen LogP contribution in [0.4, 0.5) is 11.4 Å². The zero-order valence-corrected chi connectivity index (χ0v) is 14.6. The molecule has 0 saturated heterocycles. The molecule has 9 heteroatoms. The van der Waals surface area contributed by atoms with Crippen molar-refractivity contribution in [1.82, 2.24) is 4.98 Å². The van der Waals surface area contributed by atoms with Crippen LogP contribution in [0.25, 0.3) is 10.8 Å². The summed E-state index contributed by atoms with van der Waals surface area (Å²) in [5.74, 6) is 0.670. The standard InChI is InChI=1S/C16H12ClN3O4S/c1-9-12(19-16(24-9)14-3-2-6-25-14)8-15(21)18-10-4-5-11(17)13(7-10)20(22)23/h2-7H,8H2,1H3,(H,18,21). The van der Waals surface area contributed by atoms with E-state index in [0.717, 1.165) is 4.88 Å². The van der Waals surface area contributed by atoms with Gasteiger partial charge in [0.2, 0.25) is 11.8 Å². The third-order valence-corrected chi connectivity index (χ3v) is 4.56. The first-order valence-electron chi connectivity index (χ1n) is 7.18. The Hall–Kier alpha value is -2.71. The van der Waals surface area contributed by atoms with Gasteiger partial charge in [-0.1, -0.05) is 17.7 Å². The van der Waals surface area contributed by atoms with E-state index in [4.69, 9.17) is 16.0 Å². The highest BCUT2D eigenvalue weighted by Crippen LogP contribution is 2.28. The molecule has 2 aromatic heterocycles. The van der Waals surface area contributed by atoms with Gasteiger partial charge >= 0.3 is 0 Å². The number of nitrogens with one attached hydrogen (secondary N) is 1.